The molecule has 0 unspecified atom stereocenters. The number of phenolic OH excluding ortho intramolecular Hbond substituents is 1. The second-order valence-corrected chi connectivity index (χ2v) is 7.36. The lowest BCUT2D eigenvalue weighted by Gasteiger charge is -2.16. The van der Waals surface area contributed by atoms with Crippen LogP contribution in [0.1, 0.15) is 28.9 Å². The Morgan fingerprint density at radius 3 is 2.64 bits per heavy atom. The van der Waals surface area contributed by atoms with E-state index in [9.17, 15) is 9.90 Å². The highest BCUT2D eigenvalue weighted by atomic mass is 16.5. The molecule has 0 aliphatic heterocycles. The second kappa shape index (κ2) is 9.78. The number of hydrogen-bond donors (Lipinski definition) is 3. The molecule has 0 aliphatic carbocycles. The fourth-order valence-electron chi connectivity index (χ4n) is 3.31. The third-order valence-corrected chi connectivity index (χ3v) is 5.06. The first kappa shape index (κ1) is 21.8. The van der Waals surface area contributed by atoms with Crippen LogP contribution in [0.4, 0.5) is 11.5 Å². The Morgan fingerprint density at radius 2 is 1.85 bits per heavy atom. The maximum atomic E-state index is 12.4. The van der Waals surface area contributed by atoms with Gasteiger partial charge >= 0.3 is 0 Å². The van der Waals surface area contributed by atoms with Gasteiger partial charge in [0.05, 0.1) is 31.2 Å². The molecule has 3 N–H and O–H groups in total. The lowest BCUT2D eigenvalue weighted by molar-refractivity contribution is 0.102. The van der Waals surface area contributed by atoms with Gasteiger partial charge in [-0.1, -0.05) is 12.1 Å². The van der Waals surface area contributed by atoms with Crippen molar-refractivity contribution in [1.82, 2.24) is 15.0 Å². The molecule has 8 heteroatoms. The summed E-state index contributed by atoms with van der Waals surface area (Å²) in [5.41, 5.74) is 3.62. The Kier molecular flexibility index (Phi) is 6.45. The van der Waals surface area contributed by atoms with Gasteiger partial charge in [-0.25, -0.2) is 4.98 Å². The first-order chi connectivity index (χ1) is 16.0. The molecule has 2 aromatic carbocycles. The van der Waals surface area contributed by atoms with E-state index in [1.165, 1.54) is 7.11 Å². The van der Waals surface area contributed by atoms with Crippen LogP contribution in [0.5, 0.6) is 11.5 Å². The molecule has 2 heterocycles. The van der Waals surface area contributed by atoms with E-state index in [2.05, 4.69) is 25.6 Å². The number of hydrogen-bond acceptors (Lipinski definition) is 7. The van der Waals surface area contributed by atoms with Crippen molar-refractivity contribution in [2.75, 3.05) is 17.7 Å². The van der Waals surface area contributed by atoms with Crippen LogP contribution >= 0.6 is 0 Å². The van der Waals surface area contributed by atoms with Gasteiger partial charge in [-0.3, -0.25) is 14.8 Å². The van der Waals surface area contributed by atoms with E-state index < -0.39 is 0 Å². The van der Waals surface area contributed by atoms with Gasteiger partial charge in [-0.2, -0.15) is 0 Å². The molecule has 166 valence electrons. The SMILES string of the molecule is COc1cc(-c2cncc(N[C@H](C)c3cccc(NC(=O)c4ccncc4)c3)n2)ccc1O. The van der Waals surface area contributed by atoms with Crippen molar-refractivity contribution >= 4 is 17.4 Å². The third kappa shape index (κ3) is 5.24. The van der Waals surface area contributed by atoms with E-state index in [-0.39, 0.29) is 17.7 Å². The van der Waals surface area contributed by atoms with Crippen molar-refractivity contribution in [2.45, 2.75) is 13.0 Å². The lowest BCUT2D eigenvalue weighted by Crippen LogP contribution is -2.13. The molecule has 4 rings (SSSR count). The van der Waals surface area contributed by atoms with Crippen LogP contribution in [0.25, 0.3) is 11.3 Å². The number of nitrogens with zero attached hydrogens (tertiary/aromatic N) is 3. The minimum Gasteiger partial charge on any atom is -0.504 e. The zero-order valence-corrected chi connectivity index (χ0v) is 18.2. The van der Waals surface area contributed by atoms with Gasteiger partial charge in [0.25, 0.3) is 5.91 Å². The number of benzene rings is 2. The maximum absolute atomic E-state index is 12.4. The van der Waals surface area contributed by atoms with Crippen molar-refractivity contribution in [3.8, 4) is 22.8 Å². The Labute approximate surface area is 191 Å². The summed E-state index contributed by atoms with van der Waals surface area (Å²) in [6.45, 7) is 2.00. The van der Waals surface area contributed by atoms with E-state index >= 15 is 0 Å². The van der Waals surface area contributed by atoms with E-state index in [1.807, 2.05) is 31.2 Å². The van der Waals surface area contributed by atoms with E-state index in [0.717, 1.165) is 11.1 Å². The predicted molar refractivity (Wildman–Crippen MR) is 126 cm³/mol. The number of carbonyl (C=O) groups is 1. The highest BCUT2D eigenvalue weighted by Crippen LogP contribution is 2.31. The van der Waals surface area contributed by atoms with Gasteiger partial charge in [-0.15, -0.1) is 0 Å². The van der Waals surface area contributed by atoms with Gasteiger partial charge in [0.1, 0.15) is 5.82 Å². The van der Waals surface area contributed by atoms with Crippen LogP contribution in [-0.4, -0.2) is 33.1 Å². The van der Waals surface area contributed by atoms with Gasteiger partial charge in [0.2, 0.25) is 0 Å². The summed E-state index contributed by atoms with van der Waals surface area (Å²) in [7, 11) is 1.50. The fourth-order valence-corrected chi connectivity index (χ4v) is 3.31. The summed E-state index contributed by atoms with van der Waals surface area (Å²) in [5, 5.41) is 16.1. The topological polar surface area (TPSA) is 109 Å². The average molecular weight is 441 g/mol. The van der Waals surface area contributed by atoms with Gasteiger partial charge < -0.3 is 20.5 Å². The molecule has 0 saturated carbocycles. The molecule has 4 aromatic rings. The maximum Gasteiger partial charge on any atom is 0.255 e. The van der Waals surface area contributed by atoms with Gasteiger partial charge in [-0.05, 0) is 55.0 Å². The molecule has 0 bridgehead atoms. The Morgan fingerprint density at radius 1 is 1.03 bits per heavy atom. The number of phenols is 1. The highest BCUT2D eigenvalue weighted by molar-refractivity contribution is 6.04. The molecule has 0 spiro atoms. The number of methoxy groups -OCH3 is 1. The van der Waals surface area contributed by atoms with E-state index in [0.29, 0.717) is 28.5 Å². The molecular formula is C25H23N5O3. The fraction of sp³-hybridized carbons (Fsp3) is 0.120. The van der Waals surface area contributed by atoms with Crippen molar-refractivity contribution in [3.63, 3.8) is 0 Å². The van der Waals surface area contributed by atoms with Crippen molar-refractivity contribution in [2.24, 2.45) is 0 Å². The molecule has 33 heavy (non-hydrogen) atoms. The van der Waals surface area contributed by atoms with Crippen LogP contribution < -0.4 is 15.4 Å². The standard InChI is InChI=1S/C25H23N5O3/c1-16(18-4-3-5-20(12-18)29-25(32)17-8-10-26-11-9-17)28-24-15-27-14-21(30-24)19-6-7-22(31)23(13-19)33-2/h3-16,31H,1-2H3,(H,28,30)(H,29,32)/t16-/m1/s1. The number of nitrogens with one attached hydrogen (secondary N) is 2. The van der Waals surface area contributed by atoms with Gasteiger partial charge in [0.15, 0.2) is 11.5 Å². The van der Waals surface area contributed by atoms with Crippen LogP contribution in [0, 0.1) is 0 Å². The summed E-state index contributed by atoms with van der Waals surface area (Å²) in [6, 6.07) is 15.9. The Hall–Kier alpha value is -4.46. The minimum atomic E-state index is -0.196. The molecule has 0 saturated heterocycles. The van der Waals surface area contributed by atoms with Crippen LogP contribution in [-0.2, 0) is 0 Å². The number of pyridine rings is 1. The number of aromatic hydroxyl groups is 1. The normalized spacial score (nSPS) is 11.5. The summed E-state index contributed by atoms with van der Waals surface area (Å²) >= 11 is 0. The number of anilines is 2. The first-order valence-electron chi connectivity index (χ1n) is 10.3. The Bertz CT molecular complexity index is 1260. The first-order valence-corrected chi connectivity index (χ1v) is 10.3. The summed E-state index contributed by atoms with van der Waals surface area (Å²) < 4.78 is 5.18. The van der Waals surface area contributed by atoms with E-state index in [4.69, 9.17) is 4.74 Å². The minimum absolute atomic E-state index is 0.0630. The van der Waals surface area contributed by atoms with Crippen molar-refractivity contribution in [1.29, 1.82) is 0 Å². The molecular weight excluding hydrogens is 418 g/mol. The molecule has 0 radical (unpaired) electrons. The average Bonchev–Trinajstić information content (AvgIpc) is 2.85. The number of rotatable bonds is 7. The second-order valence-electron chi connectivity index (χ2n) is 7.36. The zero-order chi connectivity index (χ0) is 23.2. The largest absolute Gasteiger partial charge is 0.504 e. The summed E-state index contributed by atoms with van der Waals surface area (Å²) in [4.78, 5) is 25.3. The molecule has 0 aliphatic rings. The summed E-state index contributed by atoms with van der Waals surface area (Å²) in [5.74, 6) is 0.830. The quantitative estimate of drug-likeness (QED) is 0.382. The monoisotopic (exact) mass is 441 g/mol. The van der Waals surface area contributed by atoms with Crippen molar-refractivity contribution in [3.05, 3.63) is 90.5 Å². The van der Waals surface area contributed by atoms with Crippen LogP contribution in [0.3, 0.4) is 0 Å². The van der Waals surface area contributed by atoms with Crippen molar-refractivity contribution < 1.29 is 14.6 Å². The Balaban J connectivity index is 1.49. The molecule has 1 atom stereocenters. The zero-order valence-electron chi connectivity index (χ0n) is 18.2. The van der Waals surface area contributed by atoms with E-state index in [1.54, 1.807) is 55.1 Å². The number of carbonyl (C=O) groups excluding carboxylic acids is 1. The molecule has 1 amide bonds. The summed E-state index contributed by atoms with van der Waals surface area (Å²) in [6.07, 6.45) is 6.46. The number of ether oxygens (including phenoxy) is 1. The molecule has 8 nitrogen and oxygen atoms in total. The lowest BCUT2D eigenvalue weighted by atomic mass is 10.1. The third-order valence-electron chi connectivity index (χ3n) is 5.06. The number of aromatic nitrogens is 3. The van der Waals surface area contributed by atoms with Crippen LogP contribution in [0.2, 0.25) is 0 Å². The predicted octanol–water partition coefficient (Wildman–Crippen LogP) is 4.68. The highest BCUT2D eigenvalue weighted by Gasteiger charge is 2.11. The number of amides is 1. The van der Waals surface area contributed by atoms with Gasteiger partial charge in [0, 0.05) is 29.2 Å². The smallest absolute Gasteiger partial charge is 0.255 e. The molecule has 2 aromatic heterocycles. The van der Waals surface area contributed by atoms with Crippen LogP contribution in [0.15, 0.2) is 79.4 Å². The molecule has 0 fully saturated rings.